The molecule has 0 heterocycles. The molecule has 0 atom stereocenters. The van der Waals surface area contributed by atoms with Crippen molar-refractivity contribution in [1.82, 2.24) is 0 Å². The number of carbonyl (C=O) groups is 1. The molecule has 1 rings (SSSR count). The zero-order valence-corrected chi connectivity index (χ0v) is 18.5. The number of benzene rings is 1. The van der Waals surface area contributed by atoms with E-state index in [4.69, 9.17) is 4.52 Å². The molecule has 0 fully saturated rings. The third kappa shape index (κ3) is 6.69. The Morgan fingerprint density at radius 1 is 0.731 bits per heavy atom. The Balaban J connectivity index is 3.27. The molecule has 0 spiro atoms. The van der Waals surface area contributed by atoms with E-state index in [2.05, 4.69) is 27.7 Å². The van der Waals surface area contributed by atoms with Gasteiger partial charge < -0.3 is 0 Å². The molecule has 1 aromatic rings. The van der Waals surface area contributed by atoms with Crippen molar-refractivity contribution in [3.05, 3.63) is 35.9 Å². The number of hydrogen-bond acceptors (Lipinski definition) is 2. The molecule has 0 aliphatic carbocycles. The van der Waals surface area contributed by atoms with Gasteiger partial charge in [0.1, 0.15) is 0 Å². The molecular formula is C23H41O2P. The SMILES string of the molecule is CCCCP(CCCC)(CCCC)(CCCC)OC(=O)c1ccccc1. The fourth-order valence-corrected chi connectivity index (χ4v) is 10.7. The molecular weight excluding hydrogens is 339 g/mol. The van der Waals surface area contributed by atoms with E-state index in [1.54, 1.807) is 0 Å². The van der Waals surface area contributed by atoms with Crippen LogP contribution in [-0.2, 0) is 4.52 Å². The second-order valence-electron chi connectivity index (χ2n) is 7.91. The van der Waals surface area contributed by atoms with E-state index in [-0.39, 0.29) is 5.97 Å². The summed E-state index contributed by atoms with van der Waals surface area (Å²) in [6, 6.07) is 9.61. The molecule has 0 N–H and O–H groups in total. The van der Waals surface area contributed by atoms with E-state index in [9.17, 15) is 4.79 Å². The summed E-state index contributed by atoms with van der Waals surface area (Å²) in [4.78, 5) is 13.1. The predicted octanol–water partition coefficient (Wildman–Crippen LogP) is 7.51. The van der Waals surface area contributed by atoms with Gasteiger partial charge in [0.25, 0.3) is 0 Å². The standard InChI is InChI=1S/C23H41O2P/c1-5-9-18-26(19-10-6-2,20-11-7-3,21-12-8-4)25-23(24)22-16-14-13-15-17-22/h13-17H,5-12,18-21H2,1-4H3. The van der Waals surface area contributed by atoms with Gasteiger partial charge in [-0.25, -0.2) is 0 Å². The zero-order chi connectivity index (χ0) is 19.3. The number of rotatable bonds is 14. The quantitative estimate of drug-likeness (QED) is 0.312. The minimum absolute atomic E-state index is 0.0809. The fourth-order valence-electron chi connectivity index (χ4n) is 3.95. The van der Waals surface area contributed by atoms with Crippen LogP contribution in [0.4, 0.5) is 0 Å². The van der Waals surface area contributed by atoms with Gasteiger partial charge in [-0.3, -0.25) is 0 Å². The summed E-state index contributed by atoms with van der Waals surface area (Å²) in [5, 5.41) is 0. The van der Waals surface area contributed by atoms with Crippen molar-refractivity contribution in [2.45, 2.75) is 79.1 Å². The molecule has 3 heteroatoms. The van der Waals surface area contributed by atoms with Crippen LogP contribution in [0.1, 0.15) is 89.4 Å². The predicted molar refractivity (Wildman–Crippen MR) is 118 cm³/mol. The molecule has 0 radical (unpaired) electrons. The van der Waals surface area contributed by atoms with E-state index in [0.29, 0.717) is 5.56 Å². The van der Waals surface area contributed by atoms with Crippen LogP contribution in [0.25, 0.3) is 0 Å². The molecule has 0 aliphatic heterocycles. The topological polar surface area (TPSA) is 26.3 Å². The van der Waals surface area contributed by atoms with Gasteiger partial charge in [-0.15, -0.1) is 0 Å². The van der Waals surface area contributed by atoms with Crippen LogP contribution >= 0.6 is 6.83 Å². The van der Waals surface area contributed by atoms with Crippen molar-refractivity contribution < 1.29 is 9.32 Å². The Kier molecular flexibility index (Phi) is 10.5. The van der Waals surface area contributed by atoms with Gasteiger partial charge >= 0.3 is 162 Å². The van der Waals surface area contributed by atoms with Gasteiger partial charge in [0.2, 0.25) is 0 Å². The Morgan fingerprint density at radius 2 is 1.12 bits per heavy atom. The van der Waals surface area contributed by atoms with Gasteiger partial charge in [-0.2, -0.15) is 0 Å². The first-order chi connectivity index (χ1) is 12.5. The third-order valence-corrected chi connectivity index (χ3v) is 12.1. The molecule has 0 aromatic heterocycles. The van der Waals surface area contributed by atoms with Crippen molar-refractivity contribution >= 4 is 12.8 Å². The molecule has 0 unspecified atom stereocenters. The summed E-state index contributed by atoms with van der Waals surface area (Å²) >= 11 is 0. The first-order valence-electron chi connectivity index (χ1n) is 10.8. The Morgan fingerprint density at radius 3 is 1.46 bits per heavy atom. The number of hydrogen-bond donors (Lipinski definition) is 0. The maximum absolute atomic E-state index is 13.1. The molecule has 26 heavy (non-hydrogen) atoms. The van der Waals surface area contributed by atoms with E-state index in [0.717, 1.165) is 24.6 Å². The summed E-state index contributed by atoms with van der Waals surface area (Å²) in [6.07, 6.45) is 13.9. The number of unbranched alkanes of at least 4 members (excludes halogenated alkanes) is 4. The van der Waals surface area contributed by atoms with E-state index >= 15 is 0 Å². The van der Waals surface area contributed by atoms with Crippen molar-refractivity contribution in [3.63, 3.8) is 0 Å². The van der Waals surface area contributed by atoms with Crippen molar-refractivity contribution in [1.29, 1.82) is 0 Å². The van der Waals surface area contributed by atoms with E-state index in [1.807, 2.05) is 30.3 Å². The summed E-state index contributed by atoms with van der Waals surface area (Å²) in [5.74, 6) is -0.0809. The van der Waals surface area contributed by atoms with Gasteiger partial charge in [0, 0.05) is 0 Å². The summed E-state index contributed by atoms with van der Waals surface area (Å²) in [5.41, 5.74) is 0.711. The van der Waals surface area contributed by atoms with Crippen molar-refractivity contribution in [3.8, 4) is 0 Å². The first kappa shape index (κ1) is 23.2. The summed E-state index contributed by atoms with van der Waals surface area (Å²) in [6.45, 7) is 6.49. The van der Waals surface area contributed by atoms with E-state index < -0.39 is 6.83 Å². The normalized spacial score (nSPS) is 13.2. The fraction of sp³-hybridized carbons (Fsp3) is 0.696. The van der Waals surface area contributed by atoms with Gasteiger partial charge in [-0.1, -0.05) is 0 Å². The maximum atomic E-state index is 13.1. The van der Waals surface area contributed by atoms with Crippen molar-refractivity contribution in [2.75, 3.05) is 24.6 Å². The Bertz CT molecular complexity index is 469. The van der Waals surface area contributed by atoms with Crippen molar-refractivity contribution in [2.24, 2.45) is 0 Å². The molecule has 0 aliphatic rings. The Labute approximate surface area is 162 Å². The summed E-state index contributed by atoms with van der Waals surface area (Å²) in [7, 11) is 0. The van der Waals surface area contributed by atoms with Crippen LogP contribution in [0.2, 0.25) is 0 Å². The van der Waals surface area contributed by atoms with Crippen LogP contribution in [0, 0.1) is 0 Å². The van der Waals surface area contributed by atoms with Crippen LogP contribution in [0.15, 0.2) is 30.3 Å². The van der Waals surface area contributed by atoms with Crippen LogP contribution in [-0.4, -0.2) is 30.6 Å². The molecule has 0 saturated carbocycles. The second-order valence-corrected chi connectivity index (χ2v) is 13.6. The average Bonchev–Trinajstić information content (AvgIpc) is 2.69. The Hall–Kier alpha value is -0.880. The molecule has 0 amide bonds. The summed E-state index contributed by atoms with van der Waals surface area (Å²) < 4.78 is 6.71. The number of carbonyl (C=O) groups excluding carboxylic acids is 1. The molecule has 2 nitrogen and oxygen atoms in total. The van der Waals surface area contributed by atoms with Crippen LogP contribution < -0.4 is 0 Å². The first-order valence-corrected chi connectivity index (χ1v) is 13.7. The van der Waals surface area contributed by atoms with Crippen LogP contribution in [0.3, 0.4) is 0 Å². The van der Waals surface area contributed by atoms with E-state index in [1.165, 1.54) is 51.4 Å². The molecule has 1 aromatic carbocycles. The van der Waals surface area contributed by atoms with Gasteiger partial charge in [-0.05, 0) is 0 Å². The minimum atomic E-state index is -2.52. The zero-order valence-electron chi connectivity index (χ0n) is 17.6. The molecule has 0 bridgehead atoms. The second kappa shape index (κ2) is 11.8. The van der Waals surface area contributed by atoms with Crippen LogP contribution in [0.5, 0.6) is 0 Å². The molecule has 150 valence electrons. The monoisotopic (exact) mass is 380 g/mol. The average molecular weight is 381 g/mol. The van der Waals surface area contributed by atoms with Gasteiger partial charge in [0.05, 0.1) is 0 Å². The van der Waals surface area contributed by atoms with Gasteiger partial charge in [0.15, 0.2) is 0 Å². The molecule has 0 saturated heterocycles. The third-order valence-electron chi connectivity index (χ3n) is 5.66.